The van der Waals surface area contributed by atoms with Crippen LogP contribution in [-0.4, -0.2) is 16.0 Å². The molecule has 1 heterocycles. The minimum Gasteiger partial charge on any atom is -0.204 e. The summed E-state index contributed by atoms with van der Waals surface area (Å²) in [6, 6.07) is 0. The Kier molecular flexibility index (Phi) is 3.65. The van der Waals surface area contributed by atoms with Gasteiger partial charge in [0, 0.05) is 5.56 Å². The van der Waals surface area contributed by atoms with Crippen LogP contribution in [0.4, 0.5) is 8.78 Å². The zero-order chi connectivity index (χ0) is 15.3. The summed E-state index contributed by atoms with van der Waals surface area (Å²) in [6.45, 7) is 11.3. The summed E-state index contributed by atoms with van der Waals surface area (Å²) in [5.41, 5.74) is 0.904. The van der Waals surface area contributed by atoms with Crippen LogP contribution < -0.4 is 5.46 Å². The number of fused-ring (bicyclic) bond motifs is 1. The Hall–Kier alpha value is -1.04. The summed E-state index contributed by atoms with van der Waals surface area (Å²) in [6.07, 6.45) is 0. The van der Waals surface area contributed by atoms with Crippen LogP contribution in [-0.2, 0) is 5.41 Å². The van der Waals surface area contributed by atoms with Crippen LogP contribution in [0.25, 0.3) is 11.0 Å². The highest BCUT2D eigenvalue weighted by Crippen LogP contribution is 2.33. The van der Waals surface area contributed by atoms with Crippen molar-refractivity contribution in [1.29, 1.82) is 0 Å². The predicted octanol–water partition coefficient (Wildman–Crippen LogP) is 3.81. The first-order valence-corrected chi connectivity index (χ1v) is 7.25. The highest BCUT2D eigenvalue weighted by atomic mass is 32.1. The van der Waals surface area contributed by atoms with Gasteiger partial charge >= 0.3 is 0 Å². The minimum atomic E-state index is -0.829. The second-order valence-electron chi connectivity index (χ2n) is 7.14. The SMILES string of the molecule is CC(C)(C)[B]c1c(F)c(F)c(C(C)(C)C)c2nsnc12. The largest absolute Gasteiger partial charge is 0.204 e. The number of hydrogen-bond acceptors (Lipinski definition) is 3. The van der Waals surface area contributed by atoms with Crippen molar-refractivity contribution in [2.24, 2.45) is 0 Å². The topological polar surface area (TPSA) is 25.8 Å². The number of benzene rings is 1. The lowest BCUT2D eigenvalue weighted by Gasteiger charge is -2.23. The highest BCUT2D eigenvalue weighted by Gasteiger charge is 2.31. The molecule has 0 saturated carbocycles. The summed E-state index contributed by atoms with van der Waals surface area (Å²) >= 11 is 0.987. The van der Waals surface area contributed by atoms with E-state index in [4.69, 9.17) is 0 Å². The predicted molar refractivity (Wildman–Crippen MR) is 81.1 cm³/mol. The second-order valence-corrected chi connectivity index (χ2v) is 7.67. The summed E-state index contributed by atoms with van der Waals surface area (Å²) in [5, 5.41) is -0.271. The lowest BCUT2D eigenvalue weighted by atomic mass is 9.50. The maximum atomic E-state index is 14.5. The van der Waals surface area contributed by atoms with Gasteiger partial charge in [0.15, 0.2) is 18.9 Å². The van der Waals surface area contributed by atoms with Crippen LogP contribution in [0.2, 0.25) is 5.31 Å². The van der Waals surface area contributed by atoms with Gasteiger partial charge in [0.1, 0.15) is 11.0 Å². The normalized spacial score (nSPS) is 13.0. The molecule has 0 amide bonds. The summed E-state index contributed by atoms with van der Waals surface area (Å²) in [5.74, 6) is -1.64. The van der Waals surface area contributed by atoms with Gasteiger partial charge in [0.25, 0.3) is 0 Å². The van der Waals surface area contributed by atoms with Gasteiger partial charge in [-0.15, -0.1) is 0 Å². The first-order valence-electron chi connectivity index (χ1n) is 6.52. The molecule has 1 aromatic heterocycles. The van der Waals surface area contributed by atoms with Crippen LogP contribution in [0.1, 0.15) is 47.1 Å². The van der Waals surface area contributed by atoms with Crippen LogP contribution in [0.3, 0.4) is 0 Å². The van der Waals surface area contributed by atoms with Crippen LogP contribution in [0, 0.1) is 11.6 Å². The molecule has 6 heteroatoms. The molecule has 0 aliphatic rings. The van der Waals surface area contributed by atoms with Crippen molar-refractivity contribution in [3.63, 3.8) is 0 Å². The molecule has 0 spiro atoms. The average molecular weight is 295 g/mol. The van der Waals surface area contributed by atoms with Gasteiger partial charge in [-0.1, -0.05) is 46.9 Å². The number of hydrogen-bond donors (Lipinski definition) is 0. The lowest BCUT2D eigenvalue weighted by Crippen LogP contribution is -2.30. The molecule has 0 unspecified atom stereocenters. The molecule has 2 nitrogen and oxygen atoms in total. The quantitative estimate of drug-likeness (QED) is 0.748. The molecule has 2 rings (SSSR count). The first-order chi connectivity index (χ1) is 9.02. The van der Waals surface area contributed by atoms with Crippen molar-refractivity contribution >= 4 is 35.5 Å². The van der Waals surface area contributed by atoms with E-state index in [1.54, 1.807) is 7.28 Å². The van der Waals surface area contributed by atoms with E-state index in [0.29, 0.717) is 16.6 Å². The average Bonchev–Trinajstić information content (AvgIpc) is 2.69. The molecular formula is C14H18BF2N2S. The third kappa shape index (κ3) is 2.71. The van der Waals surface area contributed by atoms with E-state index >= 15 is 0 Å². The first kappa shape index (κ1) is 15.4. The molecule has 1 aromatic carbocycles. The summed E-state index contributed by atoms with van der Waals surface area (Å²) < 4.78 is 37.3. The van der Waals surface area contributed by atoms with E-state index < -0.39 is 17.0 Å². The maximum Gasteiger partial charge on any atom is 0.165 e. The maximum absolute atomic E-state index is 14.5. The zero-order valence-electron chi connectivity index (χ0n) is 12.6. The van der Waals surface area contributed by atoms with Gasteiger partial charge in [0.05, 0.1) is 11.7 Å². The smallest absolute Gasteiger partial charge is 0.165 e. The fraction of sp³-hybridized carbons (Fsp3) is 0.571. The molecule has 1 radical (unpaired) electrons. The van der Waals surface area contributed by atoms with Crippen molar-refractivity contribution in [2.45, 2.75) is 52.3 Å². The van der Waals surface area contributed by atoms with E-state index in [9.17, 15) is 8.78 Å². The highest BCUT2D eigenvalue weighted by molar-refractivity contribution is 7.00. The Morgan fingerprint density at radius 2 is 1.45 bits per heavy atom. The molecule has 0 saturated heterocycles. The van der Waals surface area contributed by atoms with Gasteiger partial charge in [-0.2, -0.15) is 8.75 Å². The fourth-order valence-electron chi connectivity index (χ4n) is 2.21. The van der Waals surface area contributed by atoms with Crippen LogP contribution >= 0.6 is 11.7 Å². The van der Waals surface area contributed by atoms with E-state index in [0.717, 1.165) is 11.7 Å². The third-order valence-corrected chi connectivity index (χ3v) is 3.48. The van der Waals surface area contributed by atoms with Gasteiger partial charge < -0.3 is 0 Å². The molecule has 2 aromatic rings. The molecule has 0 N–H and O–H groups in total. The van der Waals surface area contributed by atoms with Crippen molar-refractivity contribution < 1.29 is 8.78 Å². The van der Waals surface area contributed by atoms with Crippen molar-refractivity contribution in [3.05, 3.63) is 17.2 Å². The molecule has 0 aliphatic carbocycles. The lowest BCUT2D eigenvalue weighted by molar-refractivity contribution is 0.472. The van der Waals surface area contributed by atoms with Crippen molar-refractivity contribution in [2.75, 3.05) is 0 Å². The molecule has 20 heavy (non-hydrogen) atoms. The van der Waals surface area contributed by atoms with E-state index in [1.165, 1.54) is 0 Å². The van der Waals surface area contributed by atoms with E-state index in [2.05, 4.69) is 8.75 Å². The summed E-state index contributed by atoms with van der Waals surface area (Å²) in [7, 11) is 1.71. The number of rotatable bonds is 1. The van der Waals surface area contributed by atoms with Crippen LogP contribution in [0.15, 0.2) is 0 Å². The monoisotopic (exact) mass is 295 g/mol. The summed E-state index contributed by atoms with van der Waals surface area (Å²) in [4.78, 5) is 0. The number of nitrogens with zero attached hydrogens (tertiary/aromatic N) is 2. The van der Waals surface area contributed by atoms with E-state index in [-0.39, 0.29) is 10.8 Å². The Morgan fingerprint density at radius 1 is 0.900 bits per heavy atom. The molecule has 0 fully saturated rings. The Morgan fingerprint density at radius 3 is 1.95 bits per heavy atom. The van der Waals surface area contributed by atoms with Crippen molar-refractivity contribution in [1.82, 2.24) is 8.75 Å². The molecule has 0 atom stereocenters. The van der Waals surface area contributed by atoms with Crippen LogP contribution in [0.5, 0.6) is 0 Å². The molecule has 0 aliphatic heterocycles. The fourth-order valence-corrected chi connectivity index (χ4v) is 2.78. The Balaban J connectivity index is 2.81. The molecule has 0 bridgehead atoms. The minimum absolute atomic E-state index is 0.215. The second kappa shape index (κ2) is 4.76. The van der Waals surface area contributed by atoms with E-state index in [1.807, 2.05) is 41.5 Å². The molecular weight excluding hydrogens is 277 g/mol. The zero-order valence-corrected chi connectivity index (χ0v) is 13.5. The standard InChI is InChI=1S/C14H18BF2N2S/c1-13(2,3)7-9(16)10(17)8(15-14(4,5)6)12-11(7)18-20-19-12/h1-6H3. The Bertz CT molecular complexity index is 654. The van der Waals surface area contributed by atoms with Gasteiger partial charge in [-0.25, -0.2) is 8.78 Å². The third-order valence-electron chi connectivity index (χ3n) is 2.96. The van der Waals surface area contributed by atoms with Gasteiger partial charge in [-0.05, 0) is 10.9 Å². The number of halogens is 2. The Labute approximate surface area is 123 Å². The van der Waals surface area contributed by atoms with Gasteiger partial charge in [-0.3, -0.25) is 0 Å². The van der Waals surface area contributed by atoms with Crippen molar-refractivity contribution in [3.8, 4) is 0 Å². The number of aromatic nitrogens is 2. The van der Waals surface area contributed by atoms with Gasteiger partial charge in [0.2, 0.25) is 0 Å². The molecule has 107 valence electrons.